The zero-order chi connectivity index (χ0) is 21.5. The quantitative estimate of drug-likeness (QED) is 0.275. The molecule has 0 aliphatic carbocycles. The molecule has 0 spiro atoms. The minimum atomic E-state index is 0.195. The maximum Gasteiger partial charge on any atom is 0.119 e. The average Bonchev–Trinajstić information content (AvgIpc) is 2.77. The Morgan fingerprint density at radius 2 is 1.87 bits per heavy atom. The van der Waals surface area contributed by atoms with Crippen LogP contribution in [0.2, 0.25) is 0 Å². The molecule has 0 bridgehead atoms. The second-order valence-electron chi connectivity index (χ2n) is 8.55. The van der Waals surface area contributed by atoms with E-state index in [1.165, 1.54) is 14.7 Å². The molecule has 1 fully saturated rings. The largest absolute Gasteiger partial charge is 0.497 e. The highest BCUT2D eigenvalue weighted by Crippen LogP contribution is 2.25. The summed E-state index contributed by atoms with van der Waals surface area (Å²) in [5, 5.41) is 12.3. The number of nitrogens with zero attached hydrogens (tertiary/aromatic N) is 1. The minimum absolute atomic E-state index is 0.195. The number of halogens is 1. The second kappa shape index (κ2) is 11.1. The predicted octanol–water partition coefficient (Wildman–Crippen LogP) is 5.52. The number of methoxy groups -OCH3 is 1. The van der Waals surface area contributed by atoms with Crippen molar-refractivity contribution < 1.29 is 4.74 Å². The van der Waals surface area contributed by atoms with Gasteiger partial charge < -0.3 is 15.0 Å². The van der Waals surface area contributed by atoms with E-state index in [0.29, 0.717) is 17.7 Å². The fraction of sp³-hybridized carbons (Fsp3) is 0.480. The number of hydrogen-bond donors (Lipinski definition) is 2. The van der Waals surface area contributed by atoms with Crippen LogP contribution in [0.5, 0.6) is 5.75 Å². The number of amidine groups is 1. The summed E-state index contributed by atoms with van der Waals surface area (Å²) in [4.78, 5) is 2.53. The van der Waals surface area contributed by atoms with E-state index in [0.717, 1.165) is 44.6 Å². The van der Waals surface area contributed by atoms with Gasteiger partial charge in [-0.1, -0.05) is 38.1 Å². The van der Waals surface area contributed by atoms with Crippen LogP contribution in [-0.4, -0.2) is 37.5 Å². The molecule has 30 heavy (non-hydrogen) atoms. The fourth-order valence-corrected chi connectivity index (χ4v) is 4.51. The van der Waals surface area contributed by atoms with Gasteiger partial charge in [-0.15, -0.1) is 0 Å². The maximum atomic E-state index is 8.70. The van der Waals surface area contributed by atoms with E-state index in [4.69, 9.17) is 10.1 Å². The van der Waals surface area contributed by atoms with E-state index < -0.39 is 0 Å². The van der Waals surface area contributed by atoms with Crippen LogP contribution in [0.15, 0.2) is 48.5 Å². The Morgan fingerprint density at radius 3 is 2.50 bits per heavy atom. The molecule has 3 rings (SSSR count). The van der Waals surface area contributed by atoms with E-state index in [-0.39, 0.29) is 6.04 Å². The number of nitrogens with one attached hydrogen (secondary N) is 2. The van der Waals surface area contributed by atoms with Gasteiger partial charge in [-0.3, -0.25) is 5.41 Å². The summed E-state index contributed by atoms with van der Waals surface area (Å²) >= 11 is 2.34. The normalized spacial score (nSPS) is 16.4. The minimum Gasteiger partial charge on any atom is -0.497 e. The highest BCUT2D eigenvalue weighted by atomic mass is 127. The Kier molecular flexibility index (Phi) is 8.57. The lowest BCUT2D eigenvalue weighted by atomic mass is 9.92. The van der Waals surface area contributed by atoms with Crippen LogP contribution in [0.4, 0.5) is 0 Å². The van der Waals surface area contributed by atoms with E-state index >= 15 is 0 Å². The van der Waals surface area contributed by atoms with Crippen molar-refractivity contribution >= 4 is 28.4 Å². The first kappa shape index (κ1) is 23.1. The molecule has 2 N–H and O–H groups in total. The second-order valence-corrected chi connectivity index (χ2v) is 9.79. The Hall–Kier alpha value is -1.60. The van der Waals surface area contributed by atoms with Gasteiger partial charge in [-0.25, -0.2) is 0 Å². The van der Waals surface area contributed by atoms with Gasteiger partial charge in [-0.2, -0.15) is 0 Å². The van der Waals surface area contributed by atoms with Gasteiger partial charge in [-0.05, 0) is 96.3 Å². The van der Waals surface area contributed by atoms with E-state index in [9.17, 15) is 0 Å². The monoisotopic (exact) mass is 519 g/mol. The maximum absolute atomic E-state index is 8.70. The van der Waals surface area contributed by atoms with Crippen LogP contribution in [0.25, 0.3) is 0 Å². The van der Waals surface area contributed by atoms with E-state index in [2.05, 4.69) is 89.1 Å². The first-order chi connectivity index (χ1) is 14.5. The Balaban J connectivity index is 1.48. The van der Waals surface area contributed by atoms with Gasteiger partial charge in [0, 0.05) is 16.0 Å². The van der Waals surface area contributed by atoms with Gasteiger partial charge >= 0.3 is 0 Å². The van der Waals surface area contributed by atoms with Gasteiger partial charge in [0.1, 0.15) is 5.75 Å². The topological polar surface area (TPSA) is 48.4 Å². The smallest absolute Gasteiger partial charge is 0.119 e. The Labute approximate surface area is 195 Å². The van der Waals surface area contributed by atoms with Crippen LogP contribution in [0.1, 0.15) is 43.9 Å². The third-order valence-corrected chi connectivity index (χ3v) is 6.77. The molecule has 1 atom stereocenters. The zero-order valence-electron chi connectivity index (χ0n) is 18.3. The molecule has 1 aliphatic heterocycles. The first-order valence-corrected chi connectivity index (χ1v) is 12.0. The summed E-state index contributed by atoms with van der Waals surface area (Å²) in [5.41, 5.74) is 2.59. The molecular formula is C25H34IN3O. The molecule has 1 aliphatic rings. The molecule has 5 heteroatoms. The van der Waals surface area contributed by atoms with Crippen molar-refractivity contribution in [2.24, 2.45) is 11.8 Å². The molecule has 0 aromatic heterocycles. The standard InChI is InChI=1S/C25H34IN3O/c1-18(2)24(20-7-9-22(26)10-8-20)28-25(27)21-12-15-29(16-13-21)14-11-19-5-4-6-23(17-19)30-3/h4-10,17-18,21,24H,11-16H2,1-3H3,(H2,27,28)/t24-/m1/s1. The number of ether oxygens (including phenoxy) is 1. The van der Waals surface area contributed by atoms with Gasteiger partial charge in [0.25, 0.3) is 0 Å². The van der Waals surface area contributed by atoms with Crippen LogP contribution < -0.4 is 10.1 Å². The highest BCUT2D eigenvalue weighted by Gasteiger charge is 2.25. The molecule has 0 saturated carbocycles. The van der Waals surface area contributed by atoms with Crippen molar-refractivity contribution in [3.05, 3.63) is 63.2 Å². The lowest BCUT2D eigenvalue weighted by molar-refractivity contribution is 0.209. The molecule has 0 amide bonds. The predicted molar refractivity (Wildman–Crippen MR) is 133 cm³/mol. The van der Waals surface area contributed by atoms with Crippen molar-refractivity contribution in [2.45, 2.75) is 39.2 Å². The van der Waals surface area contributed by atoms with Gasteiger partial charge in [0.05, 0.1) is 19.0 Å². The van der Waals surface area contributed by atoms with Crippen molar-refractivity contribution in [1.29, 1.82) is 5.41 Å². The highest BCUT2D eigenvalue weighted by molar-refractivity contribution is 14.1. The molecule has 0 unspecified atom stereocenters. The molecular weight excluding hydrogens is 485 g/mol. The van der Waals surface area contributed by atoms with Gasteiger partial charge in [0.2, 0.25) is 0 Å². The molecule has 4 nitrogen and oxygen atoms in total. The molecule has 2 aromatic rings. The number of likely N-dealkylation sites (tertiary alicyclic amines) is 1. The molecule has 1 heterocycles. The summed E-state index contributed by atoms with van der Waals surface area (Å²) < 4.78 is 6.57. The van der Waals surface area contributed by atoms with Crippen molar-refractivity contribution in [1.82, 2.24) is 10.2 Å². The van der Waals surface area contributed by atoms with Gasteiger partial charge in [0.15, 0.2) is 0 Å². The number of benzene rings is 2. The van der Waals surface area contributed by atoms with E-state index in [1.807, 2.05) is 6.07 Å². The van der Waals surface area contributed by atoms with Crippen molar-refractivity contribution in [3.63, 3.8) is 0 Å². The van der Waals surface area contributed by atoms with Crippen LogP contribution >= 0.6 is 22.6 Å². The van der Waals surface area contributed by atoms with Crippen LogP contribution in [-0.2, 0) is 6.42 Å². The summed E-state index contributed by atoms with van der Waals surface area (Å²) in [6.07, 6.45) is 3.16. The summed E-state index contributed by atoms with van der Waals surface area (Å²) in [5.74, 6) is 2.41. The van der Waals surface area contributed by atoms with Crippen LogP contribution in [0.3, 0.4) is 0 Å². The summed E-state index contributed by atoms with van der Waals surface area (Å²) in [6, 6.07) is 17.2. The molecule has 0 radical (unpaired) electrons. The van der Waals surface area contributed by atoms with Crippen LogP contribution in [0, 0.1) is 20.8 Å². The fourth-order valence-electron chi connectivity index (χ4n) is 4.15. The number of hydrogen-bond acceptors (Lipinski definition) is 3. The SMILES string of the molecule is COc1cccc(CCN2CCC(C(=N)N[C@@H](c3ccc(I)cc3)C(C)C)CC2)c1. The number of piperidine rings is 1. The average molecular weight is 519 g/mol. The Bertz CT molecular complexity index is 813. The summed E-state index contributed by atoms with van der Waals surface area (Å²) in [7, 11) is 1.72. The molecule has 2 aromatic carbocycles. The number of rotatable bonds is 8. The molecule has 1 saturated heterocycles. The summed E-state index contributed by atoms with van der Waals surface area (Å²) in [6.45, 7) is 7.65. The lowest BCUT2D eigenvalue weighted by Crippen LogP contribution is -2.42. The third-order valence-electron chi connectivity index (χ3n) is 6.05. The molecule has 162 valence electrons. The van der Waals surface area contributed by atoms with E-state index in [1.54, 1.807) is 7.11 Å². The Morgan fingerprint density at radius 1 is 1.17 bits per heavy atom. The lowest BCUT2D eigenvalue weighted by Gasteiger charge is -2.34. The first-order valence-electron chi connectivity index (χ1n) is 10.9. The third kappa shape index (κ3) is 6.45. The van der Waals surface area contributed by atoms with Crippen molar-refractivity contribution in [3.8, 4) is 5.75 Å². The zero-order valence-corrected chi connectivity index (χ0v) is 20.5. The van der Waals surface area contributed by atoms with Crippen molar-refractivity contribution in [2.75, 3.05) is 26.7 Å².